The lowest BCUT2D eigenvalue weighted by Gasteiger charge is -2.15. The molecule has 0 bridgehead atoms. The van der Waals surface area contributed by atoms with Gasteiger partial charge in [-0.05, 0) is 47.9 Å². The number of anilines is 1. The molecule has 1 amide bonds. The second-order valence-corrected chi connectivity index (χ2v) is 6.49. The largest absolute Gasteiger partial charge is 0.465 e. The van der Waals surface area contributed by atoms with Crippen LogP contribution < -0.4 is 5.32 Å². The summed E-state index contributed by atoms with van der Waals surface area (Å²) < 4.78 is 32.6. The summed E-state index contributed by atoms with van der Waals surface area (Å²) in [7, 11) is 1.29. The summed E-state index contributed by atoms with van der Waals surface area (Å²) in [6.07, 6.45) is 0. The smallest absolute Gasteiger partial charge is 0.337 e. The zero-order valence-electron chi connectivity index (χ0n) is 16.4. The van der Waals surface area contributed by atoms with Crippen molar-refractivity contribution in [1.82, 2.24) is 0 Å². The molecule has 0 heterocycles. The summed E-state index contributed by atoms with van der Waals surface area (Å²) in [5.41, 5.74) is 2.09. The number of rotatable bonds is 5. The maximum absolute atomic E-state index is 14.0. The monoisotopic (exact) mass is 407 g/mol. The normalized spacial score (nSPS) is 11.5. The van der Waals surface area contributed by atoms with Gasteiger partial charge in [-0.2, -0.15) is 0 Å². The Bertz CT molecular complexity index is 1090. The third kappa shape index (κ3) is 4.43. The lowest BCUT2D eigenvalue weighted by Crippen LogP contribution is -2.16. The van der Waals surface area contributed by atoms with E-state index in [2.05, 4.69) is 5.32 Å². The van der Waals surface area contributed by atoms with Gasteiger partial charge >= 0.3 is 5.97 Å². The van der Waals surface area contributed by atoms with Crippen LogP contribution in [0.15, 0.2) is 78.4 Å². The predicted molar refractivity (Wildman–Crippen MR) is 111 cm³/mol. The Morgan fingerprint density at radius 3 is 1.87 bits per heavy atom. The van der Waals surface area contributed by atoms with Crippen LogP contribution in [-0.4, -0.2) is 19.0 Å². The van der Waals surface area contributed by atoms with Gasteiger partial charge in [0.25, 0.3) is 5.91 Å². The molecule has 0 aliphatic rings. The number of carbonyl (C=O) groups excluding carboxylic acids is 2. The molecule has 0 aromatic heterocycles. The van der Waals surface area contributed by atoms with E-state index >= 15 is 0 Å². The number of benzene rings is 3. The molecule has 0 fully saturated rings. The Hall–Kier alpha value is -3.80. The van der Waals surface area contributed by atoms with Gasteiger partial charge in [-0.15, -0.1) is 0 Å². The highest BCUT2D eigenvalue weighted by atomic mass is 19.1. The second kappa shape index (κ2) is 9.13. The van der Waals surface area contributed by atoms with Crippen molar-refractivity contribution in [3.8, 4) is 0 Å². The first kappa shape index (κ1) is 20.9. The molecule has 0 saturated heterocycles. The molecule has 3 rings (SSSR count). The first-order chi connectivity index (χ1) is 14.4. The highest BCUT2D eigenvalue weighted by molar-refractivity contribution is 6.10. The zero-order valence-corrected chi connectivity index (χ0v) is 16.4. The molecule has 6 heteroatoms. The summed E-state index contributed by atoms with van der Waals surface area (Å²) in [5.74, 6) is -2.84. The fourth-order valence-corrected chi connectivity index (χ4v) is 3.03. The molecule has 0 spiro atoms. The van der Waals surface area contributed by atoms with E-state index in [9.17, 15) is 18.4 Å². The summed E-state index contributed by atoms with van der Waals surface area (Å²) >= 11 is 0. The van der Waals surface area contributed by atoms with Gasteiger partial charge in [-0.1, -0.05) is 48.5 Å². The fourth-order valence-electron chi connectivity index (χ4n) is 3.03. The van der Waals surface area contributed by atoms with Gasteiger partial charge in [0.2, 0.25) is 0 Å². The molecule has 0 radical (unpaired) electrons. The quantitative estimate of drug-likeness (QED) is 0.467. The lowest BCUT2D eigenvalue weighted by atomic mass is 9.92. The van der Waals surface area contributed by atoms with Gasteiger partial charge in [-0.3, -0.25) is 4.79 Å². The van der Waals surface area contributed by atoms with E-state index in [1.807, 2.05) is 30.3 Å². The Morgan fingerprint density at radius 1 is 0.767 bits per heavy atom. The molecule has 4 nitrogen and oxygen atoms in total. The van der Waals surface area contributed by atoms with Gasteiger partial charge < -0.3 is 10.1 Å². The number of para-hydroxylation sites is 1. The molecule has 152 valence electrons. The molecule has 0 aliphatic heterocycles. The van der Waals surface area contributed by atoms with Crippen molar-refractivity contribution in [2.24, 2.45) is 0 Å². The van der Waals surface area contributed by atoms with Gasteiger partial charge in [0, 0.05) is 5.57 Å². The number of hydrogen-bond donors (Lipinski definition) is 1. The topological polar surface area (TPSA) is 55.4 Å². The molecule has 3 aromatic rings. The van der Waals surface area contributed by atoms with E-state index in [1.54, 1.807) is 31.2 Å². The fraction of sp³-hybridized carbons (Fsp3) is 0.0833. The number of nitrogens with one attached hydrogen (secondary N) is 1. The number of halogens is 2. The summed E-state index contributed by atoms with van der Waals surface area (Å²) in [6.45, 7) is 1.57. The van der Waals surface area contributed by atoms with Crippen molar-refractivity contribution >= 4 is 23.1 Å². The number of hydrogen-bond acceptors (Lipinski definition) is 3. The van der Waals surface area contributed by atoms with Crippen LogP contribution in [0.1, 0.15) is 28.4 Å². The molecular weight excluding hydrogens is 388 g/mol. The minimum Gasteiger partial charge on any atom is -0.465 e. The minimum absolute atomic E-state index is 0.259. The van der Waals surface area contributed by atoms with E-state index in [0.29, 0.717) is 16.7 Å². The molecular formula is C24H19F2NO3. The average Bonchev–Trinajstić information content (AvgIpc) is 2.77. The molecule has 0 saturated carbocycles. The standard InChI is InChI=1S/C24H19F2NO3/c1-15(23(28)27-22-19(25)9-6-10-20(22)26)21(16-7-4-3-5-8-16)17-11-13-18(14-12-17)24(29)30-2/h3-14H,1-2H3,(H,27,28)/b21-15-. The van der Waals surface area contributed by atoms with E-state index in [4.69, 9.17) is 4.74 Å². The van der Waals surface area contributed by atoms with Crippen molar-refractivity contribution in [1.29, 1.82) is 0 Å². The average molecular weight is 407 g/mol. The van der Waals surface area contributed by atoms with Crippen LogP contribution in [0.25, 0.3) is 5.57 Å². The highest BCUT2D eigenvalue weighted by Crippen LogP contribution is 2.29. The Labute approximate surface area is 172 Å². The van der Waals surface area contributed by atoms with Gasteiger partial charge in [0.1, 0.15) is 17.3 Å². The molecule has 1 N–H and O–H groups in total. The van der Waals surface area contributed by atoms with Crippen LogP contribution >= 0.6 is 0 Å². The van der Waals surface area contributed by atoms with Crippen molar-refractivity contribution < 1.29 is 23.1 Å². The van der Waals surface area contributed by atoms with Crippen molar-refractivity contribution in [2.75, 3.05) is 12.4 Å². The van der Waals surface area contributed by atoms with E-state index in [-0.39, 0.29) is 5.57 Å². The number of esters is 1. The van der Waals surface area contributed by atoms with Crippen molar-refractivity contribution in [2.45, 2.75) is 6.92 Å². The minimum atomic E-state index is -0.861. The maximum atomic E-state index is 14.0. The summed E-state index contributed by atoms with van der Waals surface area (Å²) in [4.78, 5) is 24.6. The third-order valence-electron chi connectivity index (χ3n) is 4.57. The molecule has 0 unspecified atom stereocenters. The number of amides is 1. The Balaban J connectivity index is 2.06. The molecule has 3 aromatic carbocycles. The highest BCUT2D eigenvalue weighted by Gasteiger charge is 2.18. The zero-order chi connectivity index (χ0) is 21.7. The van der Waals surface area contributed by atoms with Crippen LogP contribution in [0.5, 0.6) is 0 Å². The maximum Gasteiger partial charge on any atom is 0.337 e. The van der Waals surface area contributed by atoms with Crippen LogP contribution in [0.4, 0.5) is 14.5 Å². The Kier molecular flexibility index (Phi) is 6.37. The second-order valence-electron chi connectivity index (χ2n) is 6.49. The van der Waals surface area contributed by atoms with Crippen LogP contribution in [-0.2, 0) is 9.53 Å². The van der Waals surface area contributed by atoms with Gasteiger partial charge in [-0.25, -0.2) is 13.6 Å². The van der Waals surface area contributed by atoms with Crippen LogP contribution in [0.3, 0.4) is 0 Å². The summed E-state index contributed by atoms with van der Waals surface area (Å²) in [5, 5.41) is 2.32. The summed E-state index contributed by atoms with van der Waals surface area (Å²) in [6, 6.07) is 19.0. The first-order valence-corrected chi connectivity index (χ1v) is 9.12. The number of methoxy groups -OCH3 is 1. The van der Waals surface area contributed by atoms with Gasteiger partial charge in [0.15, 0.2) is 0 Å². The molecule has 0 atom stereocenters. The first-order valence-electron chi connectivity index (χ1n) is 9.12. The van der Waals surface area contributed by atoms with E-state index < -0.39 is 29.2 Å². The van der Waals surface area contributed by atoms with E-state index in [1.165, 1.54) is 13.2 Å². The van der Waals surface area contributed by atoms with Crippen molar-refractivity contribution in [3.63, 3.8) is 0 Å². The molecule has 0 aliphatic carbocycles. The third-order valence-corrected chi connectivity index (χ3v) is 4.57. The van der Waals surface area contributed by atoms with Crippen LogP contribution in [0, 0.1) is 11.6 Å². The Morgan fingerprint density at radius 2 is 1.30 bits per heavy atom. The predicted octanol–water partition coefficient (Wildman–Crippen LogP) is 5.21. The van der Waals surface area contributed by atoms with Crippen molar-refractivity contribution in [3.05, 3.63) is 107 Å². The van der Waals surface area contributed by atoms with Gasteiger partial charge in [0.05, 0.1) is 12.7 Å². The number of ether oxygens (including phenoxy) is 1. The molecule has 30 heavy (non-hydrogen) atoms. The SMILES string of the molecule is COC(=O)c1ccc(/C(=C(/C)C(=O)Nc2c(F)cccc2F)c2ccccc2)cc1. The van der Waals surface area contributed by atoms with E-state index in [0.717, 1.165) is 17.7 Å². The lowest BCUT2D eigenvalue weighted by molar-refractivity contribution is -0.112. The number of carbonyl (C=O) groups is 2. The van der Waals surface area contributed by atoms with Crippen LogP contribution in [0.2, 0.25) is 0 Å².